The zero-order chi connectivity index (χ0) is 14.8. The van der Waals surface area contributed by atoms with Gasteiger partial charge in [-0.05, 0) is 26.0 Å². The van der Waals surface area contributed by atoms with Crippen molar-refractivity contribution in [2.45, 2.75) is 13.8 Å². The molecule has 104 valence electrons. The average molecular weight is 278 g/mol. The lowest BCUT2D eigenvalue weighted by Crippen LogP contribution is -2.43. The van der Waals surface area contributed by atoms with E-state index in [4.69, 9.17) is 0 Å². The fraction of sp³-hybridized carbons (Fsp3) is 0.176. The number of hydrazine groups is 1. The topological polar surface area (TPSA) is 40.6 Å². The van der Waals surface area contributed by atoms with Gasteiger partial charge in [0.25, 0.3) is 11.8 Å². The second kappa shape index (κ2) is 3.73. The quantitative estimate of drug-likeness (QED) is 0.695. The highest BCUT2D eigenvalue weighted by Crippen LogP contribution is 2.48. The van der Waals surface area contributed by atoms with Crippen molar-refractivity contribution in [2.75, 3.05) is 10.0 Å². The van der Waals surface area contributed by atoms with Gasteiger partial charge in [0.15, 0.2) is 0 Å². The Morgan fingerprint density at radius 3 is 1.52 bits per heavy atom. The molecule has 2 heterocycles. The summed E-state index contributed by atoms with van der Waals surface area (Å²) in [5.74, 6) is -0.371. The van der Waals surface area contributed by atoms with E-state index in [-0.39, 0.29) is 11.8 Å². The van der Waals surface area contributed by atoms with Gasteiger partial charge < -0.3 is 0 Å². The molecule has 0 aliphatic carbocycles. The number of anilines is 2. The number of amides is 2. The third-order valence-electron chi connectivity index (χ3n) is 4.21. The second-order valence-corrected chi connectivity index (χ2v) is 5.89. The van der Waals surface area contributed by atoms with E-state index < -0.39 is 5.41 Å². The summed E-state index contributed by atoms with van der Waals surface area (Å²) >= 11 is 0. The zero-order valence-electron chi connectivity index (χ0n) is 11.8. The average Bonchev–Trinajstić information content (AvgIpc) is 2.69. The molecule has 0 N–H and O–H groups in total. The van der Waals surface area contributed by atoms with Crippen LogP contribution in [0.3, 0.4) is 0 Å². The van der Waals surface area contributed by atoms with Gasteiger partial charge in [0, 0.05) is 11.1 Å². The van der Waals surface area contributed by atoms with E-state index in [0.29, 0.717) is 0 Å². The third kappa shape index (κ3) is 1.34. The van der Waals surface area contributed by atoms with Crippen LogP contribution >= 0.6 is 0 Å². The number of hydrogen-bond donors (Lipinski definition) is 0. The molecule has 4 nitrogen and oxygen atoms in total. The minimum atomic E-state index is -1.04. The van der Waals surface area contributed by atoms with Gasteiger partial charge in [-0.15, -0.1) is 0 Å². The maximum absolute atomic E-state index is 12.7. The van der Waals surface area contributed by atoms with Crippen LogP contribution < -0.4 is 10.0 Å². The Balaban J connectivity index is 2.08. The van der Waals surface area contributed by atoms with Crippen LogP contribution in [0.2, 0.25) is 0 Å². The van der Waals surface area contributed by atoms with Crippen molar-refractivity contribution in [3.63, 3.8) is 0 Å². The SMILES string of the molecule is CC1(C)C(=O)N2c3ccccc3-c3ccccc3N2C1=O. The van der Waals surface area contributed by atoms with Crippen LogP contribution in [0.4, 0.5) is 11.4 Å². The van der Waals surface area contributed by atoms with Gasteiger partial charge in [-0.25, -0.2) is 10.0 Å². The Morgan fingerprint density at radius 2 is 1.10 bits per heavy atom. The molecule has 0 bridgehead atoms. The molecule has 2 amide bonds. The Kier molecular flexibility index (Phi) is 2.15. The first-order chi connectivity index (χ1) is 10.0. The molecule has 2 aliphatic rings. The third-order valence-corrected chi connectivity index (χ3v) is 4.21. The van der Waals surface area contributed by atoms with E-state index in [1.807, 2.05) is 48.5 Å². The molecule has 0 aromatic heterocycles. The maximum atomic E-state index is 12.7. The lowest BCUT2D eigenvalue weighted by Gasteiger charge is -2.35. The lowest BCUT2D eigenvalue weighted by molar-refractivity contribution is -0.132. The molecular formula is C17H14N2O2. The highest BCUT2D eigenvalue weighted by Gasteiger charge is 2.55. The number of hydrogen-bond acceptors (Lipinski definition) is 2. The monoisotopic (exact) mass is 278 g/mol. The van der Waals surface area contributed by atoms with Gasteiger partial charge in [-0.1, -0.05) is 36.4 Å². The minimum Gasteiger partial charge on any atom is -0.271 e. The van der Waals surface area contributed by atoms with E-state index in [9.17, 15) is 9.59 Å². The summed E-state index contributed by atoms with van der Waals surface area (Å²) in [6.07, 6.45) is 0. The first-order valence-electron chi connectivity index (χ1n) is 6.91. The Labute approximate surface area is 122 Å². The largest absolute Gasteiger partial charge is 0.271 e. The Bertz CT molecular complexity index is 729. The van der Waals surface area contributed by atoms with Crippen molar-refractivity contribution >= 4 is 23.2 Å². The molecule has 0 radical (unpaired) electrons. The molecular weight excluding hydrogens is 264 g/mol. The summed E-state index contributed by atoms with van der Waals surface area (Å²) in [5.41, 5.74) is 2.44. The molecule has 1 saturated heterocycles. The summed E-state index contributed by atoms with van der Waals surface area (Å²) in [6.45, 7) is 3.36. The number of rotatable bonds is 0. The molecule has 1 fully saturated rings. The van der Waals surface area contributed by atoms with E-state index in [0.717, 1.165) is 22.5 Å². The number of benzene rings is 2. The maximum Gasteiger partial charge on any atom is 0.261 e. The molecule has 2 aromatic carbocycles. The van der Waals surface area contributed by atoms with Gasteiger partial charge >= 0.3 is 0 Å². The smallest absolute Gasteiger partial charge is 0.261 e. The molecule has 4 heteroatoms. The van der Waals surface area contributed by atoms with Crippen LogP contribution in [-0.4, -0.2) is 11.8 Å². The van der Waals surface area contributed by atoms with Gasteiger partial charge in [-0.3, -0.25) is 9.59 Å². The molecule has 0 saturated carbocycles. The van der Waals surface area contributed by atoms with E-state index >= 15 is 0 Å². The number of carbonyl (C=O) groups is 2. The van der Waals surface area contributed by atoms with Crippen molar-refractivity contribution in [2.24, 2.45) is 5.41 Å². The molecule has 0 atom stereocenters. The van der Waals surface area contributed by atoms with Gasteiger partial charge in [0.1, 0.15) is 5.41 Å². The predicted octanol–water partition coefficient (Wildman–Crippen LogP) is 2.99. The van der Waals surface area contributed by atoms with Gasteiger partial charge in [-0.2, -0.15) is 0 Å². The van der Waals surface area contributed by atoms with Crippen LogP contribution in [-0.2, 0) is 9.59 Å². The van der Waals surface area contributed by atoms with E-state index in [1.165, 1.54) is 10.0 Å². The molecule has 2 aliphatic heterocycles. The predicted molar refractivity (Wildman–Crippen MR) is 80.6 cm³/mol. The molecule has 0 spiro atoms. The summed E-state index contributed by atoms with van der Waals surface area (Å²) in [5, 5.41) is 3.03. The normalized spacial score (nSPS) is 18.4. The second-order valence-electron chi connectivity index (χ2n) is 5.89. The van der Waals surface area contributed by atoms with E-state index in [1.54, 1.807) is 13.8 Å². The van der Waals surface area contributed by atoms with Crippen LogP contribution in [0.15, 0.2) is 48.5 Å². The number of nitrogens with zero attached hydrogens (tertiary/aromatic N) is 2. The number of carbonyl (C=O) groups excluding carboxylic acids is 2. The minimum absolute atomic E-state index is 0.186. The van der Waals surface area contributed by atoms with Crippen LogP contribution in [0.5, 0.6) is 0 Å². The number of fused-ring (bicyclic) bond motifs is 6. The van der Waals surface area contributed by atoms with Gasteiger partial charge in [0.05, 0.1) is 11.4 Å². The summed E-state index contributed by atoms with van der Waals surface area (Å²) in [7, 11) is 0. The lowest BCUT2D eigenvalue weighted by atomic mass is 9.93. The highest BCUT2D eigenvalue weighted by molar-refractivity contribution is 6.28. The zero-order valence-corrected chi connectivity index (χ0v) is 11.8. The molecule has 0 unspecified atom stereocenters. The van der Waals surface area contributed by atoms with Crippen molar-refractivity contribution in [1.82, 2.24) is 0 Å². The summed E-state index contributed by atoms with van der Waals surface area (Å²) < 4.78 is 0. The molecule has 21 heavy (non-hydrogen) atoms. The fourth-order valence-electron chi connectivity index (χ4n) is 3.01. The Hall–Kier alpha value is -2.62. The van der Waals surface area contributed by atoms with E-state index in [2.05, 4.69) is 0 Å². The molecule has 2 aromatic rings. The Morgan fingerprint density at radius 1 is 0.714 bits per heavy atom. The van der Waals surface area contributed by atoms with Crippen molar-refractivity contribution in [1.29, 1.82) is 0 Å². The van der Waals surface area contributed by atoms with Crippen molar-refractivity contribution in [3.8, 4) is 11.1 Å². The van der Waals surface area contributed by atoms with Crippen LogP contribution in [0.25, 0.3) is 11.1 Å². The van der Waals surface area contributed by atoms with Crippen LogP contribution in [0, 0.1) is 5.41 Å². The fourth-order valence-corrected chi connectivity index (χ4v) is 3.01. The number of para-hydroxylation sites is 2. The van der Waals surface area contributed by atoms with Gasteiger partial charge in [0.2, 0.25) is 0 Å². The van der Waals surface area contributed by atoms with Crippen molar-refractivity contribution < 1.29 is 9.59 Å². The first kappa shape index (κ1) is 12.1. The highest BCUT2D eigenvalue weighted by atomic mass is 16.2. The van der Waals surface area contributed by atoms with Crippen LogP contribution in [0.1, 0.15) is 13.8 Å². The first-order valence-corrected chi connectivity index (χ1v) is 6.91. The summed E-state index contributed by atoms with van der Waals surface area (Å²) in [4.78, 5) is 25.4. The van der Waals surface area contributed by atoms with Crippen molar-refractivity contribution in [3.05, 3.63) is 48.5 Å². The standard InChI is InChI=1S/C17H14N2O2/c1-17(2)15(20)18-13-9-5-3-7-11(13)12-8-4-6-10-14(12)19(18)16(17)21/h3-10H,1-2H3. The summed E-state index contributed by atoms with van der Waals surface area (Å²) in [6, 6.07) is 15.4. The molecule has 4 rings (SSSR count).